The Balaban J connectivity index is 2.51. The van der Waals surface area contributed by atoms with Crippen molar-refractivity contribution in [3.63, 3.8) is 0 Å². The molecule has 0 aliphatic carbocycles. The quantitative estimate of drug-likeness (QED) is 0.767. The third-order valence-corrected chi connectivity index (χ3v) is 2.81. The van der Waals surface area contributed by atoms with Crippen LogP contribution >= 0.6 is 0 Å². The van der Waals surface area contributed by atoms with Gasteiger partial charge in [0.05, 0.1) is 19.2 Å². The van der Waals surface area contributed by atoms with E-state index in [1.807, 2.05) is 0 Å². The van der Waals surface area contributed by atoms with Gasteiger partial charge in [-0.05, 0) is 26.0 Å². The van der Waals surface area contributed by atoms with Crippen LogP contribution in [0.25, 0.3) is 0 Å². The molecule has 1 atom stereocenters. The lowest BCUT2D eigenvalue weighted by atomic mass is 10.2. The number of hydrogen-bond acceptors (Lipinski definition) is 4. The van der Waals surface area contributed by atoms with E-state index in [9.17, 15) is 14.4 Å². The lowest BCUT2D eigenvalue weighted by molar-refractivity contribution is -0.140. The van der Waals surface area contributed by atoms with Crippen LogP contribution in [0.3, 0.4) is 0 Å². The van der Waals surface area contributed by atoms with Crippen molar-refractivity contribution in [1.82, 2.24) is 10.2 Å². The molecule has 0 spiro atoms. The van der Waals surface area contributed by atoms with Crippen molar-refractivity contribution in [2.24, 2.45) is 0 Å². The SMILES string of the molecule is CCN(C(=O)CNC(=O)c1ccco1)C(C)CC(=O)O. The van der Waals surface area contributed by atoms with Crippen LogP contribution in [-0.4, -0.2) is 46.9 Å². The molecule has 0 radical (unpaired) electrons. The summed E-state index contributed by atoms with van der Waals surface area (Å²) in [5.41, 5.74) is 0. The van der Waals surface area contributed by atoms with Gasteiger partial charge in [-0.25, -0.2) is 0 Å². The molecule has 1 unspecified atom stereocenters. The average Bonchev–Trinajstić information content (AvgIpc) is 2.89. The van der Waals surface area contributed by atoms with Crippen molar-refractivity contribution in [3.05, 3.63) is 24.2 Å². The lowest BCUT2D eigenvalue weighted by Gasteiger charge is -2.27. The second-order valence-electron chi connectivity index (χ2n) is 4.29. The van der Waals surface area contributed by atoms with Gasteiger partial charge in [-0.15, -0.1) is 0 Å². The summed E-state index contributed by atoms with van der Waals surface area (Å²) in [6.45, 7) is 3.59. The van der Waals surface area contributed by atoms with E-state index >= 15 is 0 Å². The zero-order valence-electron chi connectivity index (χ0n) is 11.5. The van der Waals surface area contributed by atoms with Crippen molar-refractivity contribution in [2.45, 2.75) is 26.3 Å². The molecule has 0 bridgehead atoms. The van der Waals surface area contributed by atoms with Gasteiger partial charge in [0.15, 0.2) is 5.76 Å². The van der Waals surface area contributed by atoms with Gasteiger partial charge in [0.1, 0.15) is 0 Å². The topological polar surface area (TPSA) is 99.9 Å². The van der Waals surface area contributed by atoms with Crippen LogP contribution in [0.15, 0.2) is 22.8 Å². The average molecular weight is 282 g/mol. The molecule has 2 N–H and O–H groups in total. The number of hydrogen-bond donors (Lipinski definition) is 2. The minimum atomic E-state index is -0.969. The molecule has 0 aromatic carbocycles. The highest BCUT2D eigenvalue weighted by Gasteiger charge is 2.21. The molecule has 0 saturated carbocycles. The molecule has 7 nitrogen and oxygen atoms in total. The first-order valence-electron chi connectivity index (χ1n) is 6.28. The fraction of sp³-hybridized carbons (Fsp3) is 0.462. The molecule has 0 fully saturated rings. The fourth-order valence-electron chi connectivity index (χ4n) is 1.85. The number of nitrogens with one attached hydrogen (secondary N) is 1. The Labute approximate surface area is 116 Å². The predicted octanol–water partition coefficient (Wildman–Crippen LogP) is 0.721. The highest BCUT2D eigenvalue weighted by atomic mass is 16.4. The second kappa shape index (κ2) is 7.32. The van der Waals surface area contributed by atoms with Crippen LogP contribution in [-0.2, 0) is 9.59 Å². The third-order valence-electron chi connectivity index (χ3n) is 2.81. The Kier molecular flexibility index (Phi) is 5.76. The van der Waals surface area contributed by atoms with Gasteiger partial charge in [-0.3, -0.25) is 14.4 Å². The first-order valence-corrected chi connectivity index (χ1v) is 6.28. The summed E-state index contributed by atoms with van der Waals surface area (Å²) in [5.74, 6) is -1.66. The number of carboxylic acids is 1. The van der Waals surface area contributed by atoms with Gasteiger partial charge < -0.3 is 19.7 Å². The Morgan fingerprint density at radius 1 is 1.45 bits per heavy atom. The Morgan fingerprint density at radius 2 is 2.15 bits per heavy atom. The number of carbonyl (C=O) groups is 3. The van der Waals surface area contributed by atoms with E-state index in [0.717, 1.165) is 0 Å². The molecule has 0 aliphatic heterocycles. The van der Waals surface area contributed by atoms with E-state index < -0.39 is 17.9 Å². The molecular weight excluding hydrogens is 264 g/mol. The number of nitrogens with zero attached hydrogens (tertiary/aromatic N) is 1. The summed E-state index contributed by atoms with van der Waals surface area (Å²) in [5, 5.41) is 11.2. The Bertz CT molecular complexity index is 469. The highest BCUT2D eigenvalue weighted by molar-refractivity contribution is 5.94. The maximum Gasteiger partial charge on any atom is 0.305 e. The number of carbonyl (C=O) groups excluding carboxylic acids is 2. The van der Waals surface area contributed by atoms with Gasteiger partial charge in [0.25, 0.3) is 5.91 Å². The summed E-state index contributed by atoms with van der Waals surface area (Å²) in [4.78, 5) is 35.6. The maximum absolute atomic E-state index is 12.0. The van der Waals surface area contributed by atoms with Crippen molar-refractivity contribution < 1.29 is 23.9 Å². The third kappa shape index (κ3) is 4.42. The monoisotopic (exact) mass is 282 g/mol. The smallest absolute Gasteiger partial charge is 0.305 e. The molecule has 110 valence electrons. The molecule has 20 heavy (non-hydrogen) atoms. The molecule has 0 aliphatic rings. The number of furan rings is 1. The Hall–Kier alpha value is -2.31. The van der Waals surface area contributed by atoms with Gasteiger partial charge in [0, 0.05) is 12.6 Å². The summed E-state index contributed by atoms with van der Waals surface area (Å²) in [6, 6.07) is 2.64. The van der Waals surface area contributed by atoms with E-state index in [0.29, 0.717) is 6.54 Å². The van der Waals surface area contributed by atoms with Gasteiger partial charge >= 0.3 is 5.97 Å². The highest BCUT2D eigenvalue weighted by Crippen LogP contribution is 2.04. The first-order chi connectivity index (χ1) is 9.45. The van der Waals surface area contributed by atoms with E-state index in [1.54, 1.807) is 19.9 Å². The predicted molar refractivity (Wildman–Crippen MR) is 70.1 cm³/mol. The van der Waals surface area contributed by atoms with Crippen LogP contribution in [0.4, 0.5) is 0 Å². The van der Waals surface area contributed by atoms with Crippen LogP contribution in [0, 0.1) is 0 Å². The zero-order chi connectivity index (χ0) is 15.1. The van der Waals surface area contributed by atoms with Crippen molar-refractivity contribution in [1.29, 1.82) is 0 Å². The Morgan fingerprint density at radius 3 is 2.65 bits per heavy atom. The molecule has 0 saturated heterocycles. The number of rotatable bonds is 7. The molecule has 1 aromatic rings. The van der Waals surface area contributed by atoms with Crippen molar-refractivity contribution >= 4 is 17.8 Å². The second-order valence-corrected chi connectivity index (χ2v) is 4.29. The minimum absolute atomic E-state index is 0.124. The molecule has 1 aromatic heterocycles. The van der Waals surface area contributed by atoms with E-state index in [1.165, 1.54) is 17.2 Å². The van der Waals surface area contributed by atoms with Gasteiger partial charge in [-0.1, -0.05) is 0 Å². The van der Waals surface area contributed by atoms with Crippen molar-refractivity contribution in [2.75, 3.05) is 13.1 Å². The first kappa shape index (κ1) is 15.7. The van der Waals surface area contributed by atoms with Crippen molar-refractivity contribution in [3.8, 4) is 0 Å². The summed E-state index contributed by atoms with van der Waals surface area (Å²) >= 11 is 0. The van der Waals surface area contributed by atoms with Gasteiger partial charge in [-0.2, -0.15) is 0 Å². The molecule has 2 amide bonds. The van der Waals surface area contributed by atoms with Crippen LogP contribution in [0.5, 0.6) is 0 Å². The maximum atomic E-state index is 12.0. The lowest BCUT2D eigenvalue weighted by Crippen LogP contribution is -2.45. The van der Waals surface area contributed by atoms with Crippen LogP contribution < -0.4 is 5.32 Å². The minimum Gasteiger partial charge on any atom is -0.481 e. The van der Waals surface area contributed by atoms with Crippen LogP contribution in [0.2, 0.25) is 0 Å². The molecule has 1 rings (SSSR count). The van der Waals surface area contributed by atoms with Gasteiger partial charge in [0.2, 0.25) is 5.91 Å². The van der Waals surface area contributed by atoms with Crippen LogP contribution in [0.1, 0.15) is 30.8 Å². The summed E-state index contributed by atoms with van der Waals surface area (Å²) < 4.78 is 4.90. The number of amides is 2. The molecular formula is C13H18N2O5. The summed E-state index contributed by atoms with van der Waals surface area (Å²) in [7, 11) is 0. The normalized spacial score (nSPS) is 11.7. The summed E-state index contributed by atoms with van der Waals surface area (Å²) in [6.07, 6.45) is 1.23. The van der Waals surface area contributed by atoms with E-state index in [-0.39, 0.29) is 24.6 Å². The largest absolute Gasteiger partial charge is 0.481 e. The van der Waals surface area contributed by atoms with E-state index in [4.69, 9.17) is 9.52 Å². The number of likely N-dealkylation sites (N-methyl/N-ethyl adjacent to an activating group) is 1. The number of aliphatic carboxylic acids is 1. The standard InChI is InChI=1S/C13H18N2O5/c1-3-15(9(2)7-12(17)18)11(16)8-14-13(19)10-5-4-6-20-10/h4-6,9H,3,7-8H2,1-2H3,(H,14,19)(H,17,18). The molecule has 7 heteroatoms. The molecule has 1 heterocycles. The van der Waals surface area contributed by atoms with E-state index in [2.05, 4.69) is 5.32 Å². The zero-order valence-corrected chi connectivity index (χ0v) is 11.5. The fourth-order valence-corrected chi connectivity index (χ4v) is 1.85. The number of carboxylic acid groups (broad SMARTS) is 1.